The molecule has 0 aliphatic carbocycles. The van der Waals surface area contributed by atoms with Gasteiger partial charge in [0.15, 0.2) is 0 Å². The van der Waals surface area contributed by atoms with Crippen molar-refractivity contribution in [3.05, 3.63) is 29.3 Å². The lowest BCUT2D eigenvalue weighted by molar-refractivity contribution is 0.0303. The second-order valence-electron chi connectivity index (χ2n) is 4.68. The van der Waals surface area contributed by atoms with Crippen molar-refractivity contribution in [3.63, 3.8) is 0 Å². The molecule has 0 atom stereocenters. The van der Waals surface area contributed by atoms with Crippen LogP contribution in [0.5, 0.6) is 0 Å². The third-order valence-electron chi connectivity index (χ3n) is 3.45. The SMILES string of the molecule is O=C(c1ccc2c(c1)CCCS2)N1CCOCC1. The molecule has 0 radical (unpaired) electrons. The van der Waals surface area contributed by atoms with E-state index in [1.54, 1.807) is 0 Å². The molecule has 96 valence electrons. The second kappa shape index (κ2) is 5.33. The van der Waals surface area contributed by atoms with Crippen LogP contribution in [0, 0.1) is 0 Å². The molecule has 1 aromatic rings. The van der Waals surface area contributed by atoms with E-state index in [-0.39, 0.29) is 5.91 Å². The molecule has 1 aromatic carbocycles. The summed E-state index contributed by atoms with van der Waals surface area (Å²) in [5, 5.41) is 0. The first-order chi connectivity index (χ1) is 8.84. The van der Waals surface area contributed by atoms with E-state index in [0.717, 1.165) is 12.0 Å². The number of carbonyl (C=O) groups is 1. The van der Waals surface area contributed by atoms with Crippen LogP contribution < -0.4 is 0 Å². The Balaban J connectivity index is 1.80. The summed E-state index contributed by atoms with van der Waals surface area (Å²) < 4.78 is 5.28. The van der Waals surface area contributed by atoms with Crippen LogP contribution in [0.4, 0.5) is 0 Å². The van der Waals surface area contributed by atoms with Crippen LogP contribution in [0.25, 0.3) is 0 Å². The maximum absolute atomic E-state index is 12.3. The molecule has 0 saturated carbocycles. The van der Waals surface area contributed by atoms with Crippen molar-refractivity contribution in [3.8, 4) is 0 Å². The number of nitrogens with zero attached hydrogens (tertiary/aromatic N) is 1. The second-order valence-corrected chi connectivity index (χ2v) is 5.82. The predicted molar refractivity (Wildman–Crippen MR) is 72.2 cm³/mol. The predicted octanol–water partition coefficient (Wildman–Crippen LogP) is 2.20. The van der Waals surface area contributed by atoms with E-state index in [0.29, 0.717) is 26.3 Å². The van der Waals surface area contributed by atoms with E-state index < -0.39 is 0 Å². The van der Waals surface area contributed by atoms with Gasteiger partial charge in [-0.2, -0.15) is 0 Å². The summed E-state index contributed by atoms with van der Waals surface area (Å²) in [6.45, 7) is 2.74. The van der Waals surface area contributed by atoms with Gasteiger partial charge in [0.2, 0.25) is 0 Å². The fraction of sp³-hybridized carbons (Fsp3) is 0.500. The van der Waals surface area contributed by atoms with Crippen molar-refractivity contribution in [1.29, 1.82) is 0 Å². The summed E-state index contributed by atoms with van der Waals surface area (Å²) in [6, 6.07) is 6.15. The summed E-state index contributed by atoms with van der Waals surface area (Å²) in [5.74, 6) is 1.35. The Kier molecular flexibility index (Phi) is 3.57. The van der Waals surface area contributed by atoms with Crippen LogP contribution in [-0.2, 0) is 11.2 Å². The summed E-state index contributed by atoms with van der Waals surface area (Å²) >= 11 is 1.90. The molecule has 0 N–H and O–H groups in total. The number of morpholine rings is 1. The van der Waals surface area contributed by atoms with E-state index in [1.165, 1.54) is 22.6 Å². The van der Waals surface area contributed by atoms with Gasteiger partial charge in [-0.05, 0) is 42.4 Å². The molecular weight excluding hydrogens is 246 g/mol. The lowest BCUT2D eigenvalue weighted by atomic mass is 10.1. The average molecular weight is 263 g/mol. The summed E-state index contributed by atoms with van der Waals surface area (Å²) in [4.78, 5) is 15.6. The minimum absolute atomic E-state index is 0.150. The molecule has 3 nitrogen and oxygen atoms in total. The zero-order valence-corrected chi connectivity index (χ0v) is 11.2. The minimum Gasteiger partial charge on any atom is -0.378 e. The zero-order valence-electron chi connectivity index (χ0n) is 10.4. The highest BCUT2D eigenvalue weighted by Gasteiger charge is 2.20. The van der Waals surface area contributed by atoms with Crippen LogP contribution in [0.2, 0.25) is 0 Å². The molecule has 2 aliphatic rings. The van der Waals surface area contributed by atoms with Crippen molar-refractivity contribution < 1.29 is 9.53 Å². The molecule has 1 amide bonds. The Morgan fingerprint density at radius 1 is 1.28 bits per heavy atom. The number of rotatable bonds is 1. The minimum atomic E-state index is 0.150. The van der Waals surface area contributed by atoms with Gasteiger partial charge in [-0.3, -0.25) is 4.79 Å². The number of fused-ring (bicyclic) bond motifs is 1. The zero-order chi connectivity index (χ0) is 12.4. The fourth-order valence-corrected chi connectivity index (χ4v) is 3.46. The highest BCUT2D eigenvalue weighted by Crippen LogP contribution is 2.30. The Bertz CT molecular complexity index is 455. The molecule has 0 unspecified atom stereocenters. The van der Waals surface area contributed by atoms with Gasteiger partial charge in [0.1, 0.15) is 0 Å². The topological polar surface area (TPSA) is 29.5 Å². The largest absolute Gasteiger partial charge is 0.378 e. The molecular formula is C14H17NO2S. The lowest BCUT2D eigenvalue weighted by Gasteiger charge is -2.27. The molecule has 2 aliphatic heterocycles. The number of hydrogen-bond acceptors (Lipinski definition) is 3. The van der Waals surface area contributed by atoms with Gasteiger partial charge in [-0.15, -0.1) is 11.8 Å². The normalized spacial score (nSPS) is 19.4. The van der Waals surface area contributed by atoms with Crippen LogP contribution in [-0.4, -0.2) is 42.9 Å². The van der Waals surface area contributed by atoms with Crippen molar-refractivity contribution in [2.24, 2.45) is 0 Å². The van der Waals surface area contributed by atoms with Crippen molar-refractivity contribution in [2.45, 2.75) is 17.7 Å². The number of hydrogen-bond donors (Lipinski definition) is 0. The highest BCUT2D eigenvalue weighted by atomic mass is 32.2. The van der Waals surface area contributed by atoms with E-state index in [1.807, 2.05) is 22.7 Å². The first kappa shape index (κ1) is 12.1. The Hall–Kier alpha value is -1.00. The van der Waals surface area contributed by atoms with E-state index >= 15 is 0 Å². The van der Waals surface area contributed by atoms with E-state index in [2.05, 4.69) is 12.1 Å². The highest BCUT2D eigenvalue weighted by molar-refractivity contribution is 7.99. The molecule has 0 spiro atoms. The third kappa shape index (κ3) is 2.40. The van der Waals surface area contributed by atoms with Crippen LogP contribution in [0.1, 0.15) is 22.3 Å². The van der Waals surface area contributed by atoms with Gasteiger partial charge in [0, 0.05) is 23.5 Å². The van der Waals surface area contributed by atoms with Gasteiger partial charge in [0.05, 0.1) is 13.2 Å². The molecule has 3 rings (SSSR count). The smallest absolute Gasteiger partial charge is 0.254 e. The molecule has 18 heavy (non-hydrogen) atoms. The summed E-state index contributed by atoms with van der Waals surface area (Å²) in [7, 11) is 0. The Morgan fingerprint density at radius 3 is 2.94 bits per heavy atom. The number of amides is 1. The number of aryl methyl sites for hydroxylation is 1. The molecule has 1 saturated heterocycles. The van der Waals surface area contributed by atoms with Crippen molar-refractivity contribution >= 4 is 17.7 Å². The summed E-state index contributed by atoms with van der Waals surface area (Å²) in [5.41, 5.74) is 2.17. The molecule has 4 heteroatoms. The maximum Gasteiger partial charge on any atom is 0.254 e. The Morgan fingerprint density at radius 2 is 2.11 bits per heavy atom. The first-order valence-electron chi connectivity index (χ1n) is 6.47. The standard InChI is InChI=1S/C14H17NO2S/c16-14(15-5-7-17-8-6-15)12-3-4-13-11(10-12)2-1-9-18-13/h3-4,10H,1-2,5-9H2. The molecule has 0 aromatic heterocycles. The summed E-state index contributed by atoms with van der Waals surface area (Å²) in [6.07, 6.45) is 2.32. The number of carbonyl (C=O) groups excluding carboxylic acids is 1. The van der Waals surface area contributed by atoms with Crippen molar-refractivity contribution in [2.75, 3.05) is 32.1 Å². The molecule has 1 fully saturated rings. The Labute approximate surface area is 111 Å². The van der Waals surface area contributed by atoms with Crippen molar-refractivity contribution in [1.82, 2.24) is 4.90 Å². The number of benzene rings is 1. The quantitative estimate of drug-likeness (QED) is 0.778. The maximum atomic E-state index is 12.3. The van der Waals surface area contributed by atoms with Gasteiger partial charge >= 0.3 is 0 Å². The van der Waals surface area contributed by atoms with Crippen LogP contribution >= 0.6 is 11.8 Å². The fourth-order valence-electron chi connectivity index (χ4n) is 2.44. The number of ether oxygens (including phenoxy) is 1. The molecule has 0 bridgehead atoms. The number of thioether (sulfide) groups is 1. The first-order valence-corrected chi connectivity index (χ1v) is 7.46. The van der Waals surface area contributed by atoms with Crippen LogP contribution in [0.3, 0.4) is 0 Å². The van der Waals surface area contributed by atoms with Gasteiger partial charge in [0.25, 0.3) is 5.91 Å². The lowest BCUT2D eigenvalue weighted by Crippen LogP contribution is -2.40. The van der Waals surface area contributed by atoms with Gasteiger partial charge in [-0.1, -0.05) is 0 Å². The van der Waals surface area contributed by atoms with Gasteiger partial charge in [-0.25, -0.2) is 0 Å². The monoisotopic (exact) mass is 263 g/mol. The van der Waals surface area contributed by atoms with E-state index in [4.69, 9.17) is 4.74 Å². The average Bonchev–Trinajstić information content (AvgIpc) is 2.47. The molecule has 2 heterocycles. The van der Waals surface area contributed by atoms with Gasteiger partial charge < -0.3 is 9.64 Å². The third-order valence-corrected chi connectivity index (χ3v) is 4.66. The van der Waals surface area contributed by atoms with Crippen LogP contribution in [0.15, 0.2) is 23.1 Å². The van der Waals surface area contributed by atoms with E-state index in [9.17, 15) is 4.79 Å².